The highest BCUT2D eigenvalue weighted by atomic mass is 16.5. The maximum absolute atomic E-state index is 12.3. The molecule has 8 nitrogen and oxygen atoms in total. The van der Waals surface area contributed by atoms with E-state index < -0.39 is 0 Å². The molecule has 0 radical (unpaired) electrons. The van der Waals surface area contributed by atoms with Gasteiger partial charge in [-0.15, -0.1) is 0 Å². The Morgan fingerprint density at radius 1 is 1.27 bits per heavy atom. The average Bonchev–Trinajstić information content (AvgIpc) is 3.23. The molecule has 1 aliphatic heterocycles. The number of carbonyl (C=O) groups is 1. The van der Waals surface area contributed by atoms with Gasteiger partial charge < -0.3 is 18.7 Å². The largest absolute Gasteiger partial charge is 0.496 e. The lowest BCUT2D eigenvalue weighted by molar-refractivity contribution is 0.0558. The first kappa shape index (κ1) is 16.3. The van der Waals surface area contributed by atoms with Crippen LogP contribution >= 0.6 is 0 Å². The number of methoxy groups -OCH3 is 1. The molecule has 26 heavy (non-hydrogen) atoms. The number of amides is 1. The molecule has 3 heterocycles. The predicted molar refractivity (Wildman–Crippen MR) is 90.0 cm³/mol. The summed E-state index contributed by atoms with van der Waals surface area (Å²) in [6.45, 7) is 2.81. The van der Waals surface area contributed by atoms with Crippen molar-refractivity contribution >= 4 is 5.91 Å². The number of ether oxygens (including phenoxy) is 1. The average molecular weight is 354 g/mol. The summed E-state index contributed by atoms with van der Waals surface area (Å²) < 4.78 is 15.7. The zero-order chi connectivity index (χ0) is 18.1. The summed E-state index contributed by atoms with van der Waals surface area (Å²) in [6, 6.07) is 9.36. The summed E-state index contributed by atoms with van der Waals surface area (Å²) in [7, 11) is 1.64. The minimum absolute atomic E-state index is 0.0471. The van der Waals surface area contributed by atoms with Crippen LogP contribution in [0.2, 0.25) is 0 Å². The van der Waals surface area contributed by atoms with E-state index in [0.717, 1.165) is 11.3 Å². The summed E-state index contributed by atoms with van der Waals surface area (Å²) in [5, 5.41) is 7.80. The molecule has 3 aromatic rings. The van der Waals surface area contributed by atoms with Crippen molar-refractivity contribution in [3.63, 3.8) is 0 Å². The fourth-order valence-electron chi connectivity index (χ4n) is 2.95. The Hall–Kier alpha value is -3.16. The van der Waals surface area contributed by atoms with Crippen molar-refractivity contribution in [1.29, 1.82) is 0 Å². The maximum atomic E-state index is 12.3. The van der Waals surface area contributed by atoms with Gasteiger partial charge in [0.2, 0.25) is 5.89 Å². The van der Waals surface area contributed by atoms with Crippen LogP contribution in [0.4, 0.5) is 0 Å². The van der Waals surface area contributed by atoms with E-state index in [1.807, 2.05) is 24.3 Å². The van der Waals surface area contributed by atoms with E-state index in [0.29, 0.717) is 42.7 Å². The molecule has 1 aliphatic rings. The van der Waals surface area contributed by atoms with Crippen LogP contribution in [0.25, 0.3) is 0 Å². The van der Waals surface area contributed by atoms with E-state index in [2.05, 4.69) is 15.3 Å². The minimum Gasteiger partial charge on any atom is -0.496 e. The van der Waals surface area contributed by atoms with Gasteiger partial charge in [-0.05, 0) is 13.0 Å². The van der Waals surface area contributed by atoms with Gasteiger partial charge in [0.25, 0.3) is 5.91 Å². The van der Waals surface area contributed by atoms with Crippen molar-refractivity contribution in [3.8, 4) is 5.75 Å². The Bertz CT molecular complexity index is 927. The van der Waals surface area contributed by atoms with Crippen molar-refractivity contribution in [2.24, 2.45) is 0 Å². The fraction of sp³-hybridized carbons (Fsp3) is 0.333. The smallest absolute Gasteiger partial charge is 0.276 e. The summed E-state index contributed by atoms with van der Waals surface area (Å²) in [5.74, 6) is 2.46. The fourth-order valence-corrected chi connectivity index (χ4v) is 2.95. The molecule has 1 aromatic carbocycles. The first-order chi connectivity index (χ1) is 12.6. The van der Waals surface area contributed by atoms with Gasteiger partial charge in [0.15, 0.2) is 11.5 Å². The van der Waals surface area contributed by atoms with E-state index >= 15 is 0 Å². The molecule has 134 valence electrons. The SMILES string of the molecule is COc1ccccc1Cc1noc(C2CN(C(=O)c3cc(C)on3)C2)n1. The van der Waals surface area contributed by atoms with Gasteiger partial charge in [-0.2, -0.15) is 4.98 Å². The maximum Gasteiger partial charge on any atom is 0.276 e. The molecule has 8 heteroatoms. The first-order valence-corrected chi connectivity index (χ1v) is 8.31. The summed E-state index contributed by atoms with van der Waals surface area (Å²) in [6.07, 6.45) is 0.529. The molecule has 1 amide bonds. The van der Waals surface area contributed by atoms with Gasteiger partial charge in [0.1, 0.15) is 11.5 Å². The molecule has 0 atom stereocenters. The number of aromatic nitrogens is 3. The quantitative estimate of drug-likeness (QED) is 0.693. The van der Waals surface area contributed by atoms with Crippen LogP contribution in [0.5, 0.6) is 5.75 Å². The normalized spacial score (nSPS) is 14.3. The third-order valence-corrected chi connectivity index (χ3v) is 4.39. The van der Waals surface area contributed by atoms with Gasteiger partial charge in [-0.1, -0.05) is 28.5 Å². The van der Waals surface area contributed by atoms with Gasteiger partial charge in [-0.25, -0.2) is 0 Å². The van der Waals surface area contributed by atoms with Crippen molar-refractivity contribution in [2.45, 2.75) is 19.3 Å². The number of benzene rings is 1. The second-order valence-electron chi connectivity index (χ2n) is 6.27. The third-order valence-electron chi connectivity index (χ3n) is 4.39. The zero-order valence-corrected chi connectivity index (χ0v) is 14.5. The van der Waals surface area contributed by atoms with Crippen LogP contribution < -0.4 is 4.74 Å². The molecule has 0 N–H and O–H groups in total. The topological polar surface area (TPSA) is 94.5 Å². The molecule has 0 spiro atoms. The Labute approximate surface area is 149 Å². The highest BCUT2D eigenvalue weighted by Crippen LogP contribution is 2.28. The molecule has 0 unspecified atom stereocenters. The number of hydrogen-bond donors (Lipinski definition) is 0. The Kier molecular flexibility index (Phi) is 4.16. The van der Waals surface area contributed by atoms with Gasteiger partial charge >= 0.3 is 0 Å². The van der Waals surface area contributed by atoms with E-state index in [1.165, 1.54) is 0 Å². The van der Waals surface area contributed by atoms with Crippen LogP contribution in [0, 0.1) is 6.92 Å². The lowest BCUT2D eigenvalue weighted by Crippen LogP contribution is -2.48. The van der Waals surface area contributed by atoms with Crippen LogP contribution in [-0.4, -0.2) is 46.3 Å². The van der Waals surface area contributed by atoms with Crippen molar-refractivity contribution in [2.75, 3.05) is 20.2 Å². The number of para-hydroxylation sites is 1. The number of likely N-dealkylation sites (tertiary alicyclic amines) is 1. The highest BCUT2D eigenvalue weighted by molar-refractivity contribution is 5.92. The van der Waals surface area contributed by atoms with Crippen LogP contribution in [-0.2, 0) is 6.42 Å². The van der Waals surface area contributed by atoms with Crippen LogP contribution in [0.1, 0.15) is 39.4 Å². The zero-order valence-electron chi connectivity index (χ0n) is 14.5. The summed E-state index contributed by atoms with van der Waals surface area (Å²) >= 11 is 0. The second-order valence-corrected chi connectivity index (χ2v) is 6.27. The number of carbonyl (C=O) groups excluding carboxylic acids is 1. The molecule has 0 bridgehead atoms. The summed E-state index contributed by atoms with van der Waals surface area (Å²) in [5.41, 5.74) is 1.32. The van der Waals surface area contributed by atoms with E-state index in [1.54, 1.807) is 25.0 Å². The number of rotatable bonds is 5. The molecule has 1 saturated heterocycles. The predicted octanol–water partition coefficient (Wildman–Crippen LogP) is 2.21. The van der Waals surface area contributed by atoms with E-state index in [4.69, 9.17) is 13.8 Å². The number of hydrogen-bond acceptors (Lipinski definition) is 7. The molecule has 4 rings (SSSR count). The van der Waals surface area contributed by atoms with E-state index in [9.17, 15) is 4.79 Å². The number of aryl methyl sites for hydroxylation is 1. The van der Waals surface area contributed by atoms with E-state index in [-0.39, 0.29) is 11.8 Å². The van der Waals surface area contributed by atoms with Gasteiger partial charge in [-0.3, -0.25) is 4.79 Å². The van der Waals surface area contributed by atoms with Crippen molar-refractivity contribution in [3.05, 3.63) is 59.1 Å². The molecule has 0 saturated carbocycles. The lowest BCUT2D eigenvalue weighted by atomic mass is 9.99. The Morgan fingerprint density at radius 2 is 2.08 bits per heavy atom. The van der Waals surface area contributed by atoms with Crippen molar-refractivity contribution < 1.29 is 18.6 Å². The second kappa shape index (κ2) is 6.62. The number of nitrogens with zero attached hydrogens (tertiary/aromatic N) is 4. The summed E-state index contributed by atoms with van der Waals surface area (Å²) in [4.78, 5) is 18.4. The Balaban J connectivity index is 1.38. The van der Waals surface area contributed by atoms with Crippen LogP contribution in [0.3, 0.4) is 0 Å². The van der Waals surface area contributed by atoms with Gasteiger partial charge in [0.05, 0.1) is 13.0 Å². The van der Waals surface area contributed by atoms with Gasteiger partial charge in [0, 0.05) is 31.1 Å². The first-order valence-electron chi connectivity index (χ1n) is 8.31. The van der Waals surface area contributed by atoms with Crippen molar-refractivity contribution in [1.82, 2.24) is 20.2 Å². The molecule has 0 aliphatic carbocycles. The molecule has 2 aromatic heterocycles. The standard InChI is InChI=1S/C18H18N4O4/c1-11-7-14(20-25-11)18(23)22-9-13(10-22)17-19-16(21-26-17)8-12-5-3-4-6-15(12)24-2/h3-7,13H,8-10H2,1-2H3. The minimum atomic E-state index is -0.146. The monoisotopic (exact) mass is 354 g/mol. The van der Waals surface area contributed by atoms with Crippen LogP contribution in [0.15, 0.2) is 39.4 Å². The molecule has 1 fully saturated rings. The molecular weight excluding hydrogens is 336 g/mol. The highest BCUT2D eigenvalue weighted by Gasteiger charge is 2.37. The third kappa shape index (κ3) is 3.05. The Morgan fingerprint density at radius 3 is 2.81 bits per heavy atom. The lowest BCUT2D eigenvalue weighted by Gasteiger charge is -2.36. The molecular formula is C18H18N4O4.